The van der Waals surface area contributed by atoms with Crippen LogP contribution >= 0.6 is 0 Å². The van der Waals surface area contributed by atoms with E-state index in [9.17, 15) is 5.11 Å². The Morgan fingerprint density at radius 3 is 2.54 bits per heavy atom. The molecule has 0 aromatic rings. The second-order valence-corrected chi connectivity index (χ2v) is 4.37. The first-order chi connectivity index (χ1) is 6.22. The molecule has 2 aliphatic rings. The molecule has 2 heterocycles. The molecular formula is C11H17NO. The molecular weight excluding hydrogens is 162 g/mol. The average Bonchev–Trinajstić information content (AvgIpc) is 2.43. The summed E-state index contributed by atoms with van der Waals surface area (Å²) in [5.74, 6) is 5.86. The highest BCUT2D eigenvalue weighted by molar-refractivity contribution is 5.07. The van der Waals surface area contributed by atoms with Gasteiger partial charge in [0.2, 0.25) is 0 Å². The number of hydrogen-bond donors (Lipinski definition) is 2. The minimum absolute atomic E-state index is 0.500. The molecule has 2 aliphatic heterocycles. The summed E-state index contributed by atoms with van der Waals surface area (Å²) >= 11 is 0. The van der Waals surface area contributed by atoms with Crippen molar-refractivity contribution in [3.8, 4) is 11.8 Å². The highest BCUT2D eigenvalue weighted by Crippen LogP contribution is 2.35. The molecule has 0 aliphatic carbocycles. The predicted octanol–water partition coefficient (Wildman–Crippen LogP) is 1.05. The first-order valence-electron chi connectivity index (χ1n) is 5.10. The van der Waals surface area contributed by atoms with Crippen LogP contribution in [-0.4, -0.2) is 22.8 Å². The van der Waals surface area contributed by atoms with Crippen molar-refractivity contribution >= 4 is 0 Å². The van der Waals surface area contributed by atoms with Gasteiger partial charge in [-0.05, 0) is 32.6 Å². The van der Waals surface area contributed by atoms with Crippen molar-refractivity contribution in [2.24, 2.45) is 0 Å². The largest absolute Gasteiger partial charge is 0.389 e. The molecule has 2 bridgehead atoms. The van der Waals surface area contributed by atoms with Gasteiger partial charge < -0.3 is 10.4 Å². The average molecular weight is 179 g/mol. The van der Waals surface area contributed by atoms with Gasteiger partial charge in [-0.3, -0.25) is 0 Å². The molecule has 0 spiro atoms. The molecule has 2 nitrogen and oxygen atoms in total. The summed E-state index contributed by atoms with van der Waals surface area (Å²) in [6.07, 6.45) is 4.88. The van der Waals surface area contributed by atoms with Crippen LogP contribution in [0.3, 0.4) is 0 Å². The van der Waals surface area contributed by atoms with Gasteiger partial charge in [0.25, 0.3) is 0 Å². The van der Waals surface area contributed by atoms with Gasteiger partial charge in [0, 0.05) is 18.5 Å². The number of aliphatic hydroxyl groups is 1. The fraction of sp³-hybridized carbons (Fsp3) is 0.818. The fourth-order valence-corrected chi connectivity index (χ4v) is 2.62. The van der Waals surface area contributed by atoms with E-state index in [4.69, 9.17) is 0 Å². The van der Waals surface area contributed by atoms with Gasteiger partial charge in [-0.1, -0.05) is 0 Å². The number of fused-ring (bicyclic) bond motifs is 2. The summed E-state index contributed by atoms with van der Waals surface area (Å²) in [4.78, 5) is 0. The van der Waals surface area contributed by atoms with E-state index in [1.165, 1.54) is 12.8 Å². The molecule has 2 atom stereocenters. The van der Waals surface area contributed by atoms with Gasteiger partial charge in [0.05, 0.1) is 5.60 Å². The molecule has 0 aromatic heterocycles. The number of rotatable bonds is 1. The standard InChI is InChI=1S/C11H17NO/c1-2-3-6-11(13)7-9-4-5-10(8-11)12-9/h9-10,12-13H,4-8H2,1H3. The third-order valence-electron chi connectivity index (χ3n) is 3.18. The molecule has 13 heavy (non-hydrogen) atoms. The maximum Gasteiger partial charge on any atom is 0.0786 e. The van der Waals surface area contributed by atoms with E-state index in [2.05, 4.69) is 17.2 Å². The van der Waals surface area contributed by atoms with Crippen LogP contribution in [0.1, 0.15) is 39.0 Å². The molecule has 0 aromatic carbocycles. The summed E-state index contributed by atoms with van der Waals surface area (Å²) in [6, 6.07) is 1.09. The van der Waals surface area contributed by atoms with E-state index in [0.717, 1.165) is 12.8 Å². The Balaban J connectivity index is 2.02. The Morgan fingerprint density at radius 2 is 2.00 bits per heavy atom. The van der Waals surface area contributed by atoms with Crippen molar-refractivity contribution in [3.63, 3.8) is 0 Å². The zero-order chi connectivity index (χ0) is 9.31. The lowest BCUT2D eigenvalue weighted by Gasteiger charge is -2.35. The van der Waals surface area contributed by atoms with Crippen LogP contribution < -0.4 is 5.32 Å². The molecule has 2 heteroatoms. The van der Waals surface area contributed by atoms with Crippen molar-refractivity contribution in [3.05, 3.63) is 0 Å². The molecule has 2 unspecified atom stereocenters. The van der Waals surface area contributed by atoms with Gasteiger partial charge in [-0.15, -0.1) is 11.8 Å². The van der Waals surface area contributed by atoms with Gasteiger partial charge in [-0.2, -0.15) is 0 Å². The van der Waals surface area contributed by atoms with Gasteiger partial charge in [-0.25, -0.2) is 0 Å². The topological polar surface area (TPSA) is 32.3 Å². The highest BCUT2D eigenvalue weighted by Gasteiger charge is 2.41. The fourth-order valence-electron chi connectivity index (χ4n) is 2.62. The third-order valence-corrected chi connectivity index (χ3v) is 3.18. The van der Waals surface area contributed by atoms with E-state index in [1.54, 1.807) is 0 Å². The summed E-state index contributed by atoms with van der Waals surface area (Å²) in [5, 5.41) is 13.8. The van der Waals surface area contributed by atoms with Crippen molar-refractivity contribution in [2.45, 2.75) is 56.7 Å². The summed E-state index contributed by atoms with van der Waals surface area (Å²) < 4.78 is 0. The molecule has 2 saturated heterocycles. The molecule has 2 fully saturated rings. The normalized spacial score (nSPS) is 42.6. The summed E-state index contributed by atoms with van der Waals surface area (Å²) in [6.45, 7) is 1.83. The summed E-state index contributed by atoms with van der Waals surface area (Å²) in [7, 11) is 0. The Kier molecular flexibility index (Phi) is 2.31. The second kappa shape index (κ2) is 3.32. The molecule has 2 N–H and O–H groups in total. The monoisotopic (exact) mass is 179 g/mol. The van der Waals surface area contributed by atoms with Crippen LogP contribution in [0, 0.1) is 11.8 Å². The maximum atomic E-state index is 10.2. The SMILES string of the molecule is CC#CCC1(O)CC2CCC(C1)N2. The van der Waals surface area contributed by atoms with Crippen molar-refractivity contribution in [1.29, 1.82) is 0 Å². The van der Waals surface area contributed by atoms with Crippen LogP contribution in [0.5, 0.6) is 0 Å². The first kappa shape index (κ1) is 9.05. The van der Waals surface area contributed by atoms with E-state index in [0.29, 0.717) is 18.5 Å². The van der Waals surface area contributed by atoms with Gasteiger partial charge >= 0.3 is 0 Å². The highest BCUT2D eigenvalue weighted by atomic mass is 16.3. The molecule has 0 radical (unpaired) electrons. The molecule has 2 rings (SSSR count). The summed E-state index contributed by atoms with van der Waals surface area (Å²) in [5.41, 5.74) is -0.500. The van der Waals surface area contributed by atoms with Crippen LogP contribution in [0.15, 0.2) is 0 Å². The smallest absolute Gasteiger partial charge is 0.0786 e. The molecule has 0 amide bonds. The minimum atomic E-state index is -0.500. The van der Waals surface area contributed by atoms with Crippen LogP contribution in [0.4, 0.5) is 0 Å². The van der Waals surface area contributed by atoms with E-state index < -0.39 is 5.60 Å². The Labute approximate surface area is 79.7 Å². The Hall–Kier alpha value is -0.520. The lowest BCUT2D eigenvalue weighted by molar-refractivity contribution is -0.00184. The van der Waals surface area contributed by atoms with Crippen LogP contribution in [0.25, 0.3) is 0 Å². The van der Waals surface area contributed by atoms with E-state index in [1.807, 2.05) is 6.92 Å². The predicted molar refractivity (Wildman–Crippen MR) is 52.2 cm³/mol. The van der Waals surface area contributed by atoms with Crippen molar-refractivity contribution < 1.29 is 5.11 Å². The van der Waals surface area contributed by atoms with Crippen LogP contribution in [-0.2, 0) is 0 Å². The third kappa shape index (κ3) is 1.87. The number of nitrogens with one attached hydrogen (secondary N) is 1. The zero-order valence-corrected chi connectivity index (χ0v) is 8.14. The maximum absolute atomic E-state index is 10.2. The zero-order valence-electron chi connectivity index (χ0n) is 8.14. The van der Waals surface area contributed by atoms with Gasteiger partial charge in [0.1, 0.15) is 0 Å². The number of hydrogen-bond acceptors (Lipinski definition) is 2. The number of piperidine rings is 1. The lowest BCUT2D eigenvalue weighted by atomic mass is 9.85. The Morgan fingerprint density at radius 1 is 1.38 bits per heavy atom. The molecule has 72 valence electrons. The van der Waals surface area contributed by atoms with Crippen LogP contribution in [0.2, 0.25) is 0 Å². The van der Waals surface area contributed by atoms with Crippen molar-refractivity contribution in [1.82, 2.24) is 5.32 Å². The van der Waals surface area contributed by atoms with E-state index >= 15 is 0 Å². The van der Waals surface area contributed by atoms with E-state index in [-0.39, 0.29) is 0 Å². The first-order valence-corrected chi connectivity index (χ1v) is 5.10. The lowest BCUT2D eigenvalue weighted by Crippen LogP contribution is -2.48. The molecule has 0 saturated carbocycles. The van der Waals surface area contributed by atoms with Gasteiger partial charge in [0.15, 0.2) is 0 Å². The minimum Gasteiger partial charge on any atom is -0.389 e. The Bertz CT molecular complexity index is 239. The second-order valence-electron chi connectivity index (χ2n) is 4.37. The quantitative estimate of drug-likeness (QED) is 0.590. The van der Waals surface area contributed by atoms with Crippen molar-refractivity contribution in [2.75, 3.05) is 0 Å².